The van der Waals surface area contributed by atoms with Crippen LogP contribution in [0.1, 0.15) is 13.8 Å². The van der Waals surface area contributed by atoms with Crippen molar-refractivity contribution in [3.63, 3.8) is 0 Å². The topological polar surface area (TPSA) is 50.1 Å². The van der Waals surface area contributed by atoms with Crippen molar-refractivity contribution in [3.05, 3.63) is 23.7 Å². The van der Waals surface area contributed by atoms with E-state index in [1.54, 1.807) is 0 Å². The van der Waals surface area contributed by atoms with Crippen LogP contribution in [0.2, 0.25) is 0 Å². The van der Waals surface area contributed by atoms with Crippen LogP contribution in [0, 0.1) is 5.92 Å². The van der Waals surface area contributed by atoms with E-state index < -0.39 is 0 Å². The van der Waals surface area contributed by atoms with Gasteiger partial charge in [0.25, 0.3) is 0 Å². The SMILES string of the molecule is CC(C)C1=CNNC(N)=C1. The quantitative estimate of drug-likeness (QED) is 0.494. The molecule has 4 N–H and O–H groups in total. The first kappa shape index (κ1) is 6.99. The highest BCUT2D eigenvalue weighted by atomic mass is 15.4. The molecule has 1 aliphatic heterocycles. The Morgan fingerprint density at radius 1 is 1.50 bits per heavy atom. The highest BCUT2D eigenvalue weighted by Gasteiger charge is 2.03. The minimum absolute atomic E-state index is 0.521. The van der Waals surface area contributed by atoms with Crippen LogP contribution in [-0.4, -0.2) is 0 Å². The Labute approximate surface area is 61.0 Å². The predicted octanol–water partition coefficient (Wildman–Crippen LogP) is 0.434. The van der Waals surface area contributed by atoms with Crippen molar-refractivity contribution in [2.24, 2.45) is 11.7 Å². The van der Waals surface area contributed by atoms with E-state index in [4.69, 9.17) is 5.73 Å². The lowest BCUT2D eigenvalue weighted by Crippen LogP contribution is -2.33. The largest absolute Gasteiger partial charge is 0.384 e. The van der Waals surface area contributed by atoms with Crippen LogP contribution in [0.4, 0.5) is 0 Å². The maximum atomic E-state index is 5.51. The number of nitrogens with two attached hydrogens (primary N) is 1. The van der Waals surface area contributed by atoms with Crippen molar-refractivity contribution in [2.45, 2.75) is 13.8 Å². The summed E-state index contributed by atoms with van der Waals surface area (Å²) in [6.07, 6.45) is 3.85. The molecule has 0 fully saturated rings. The third-order valence-corrected chi connectivity index (χ3v) is 1.44. The molecule has 56 valence electrons. The molecule has 0 spiro atoms. The van der Waals surface area contributed by atoms with E-state index in [0.717, 1.165) is 0 Å². The second kappa shape index (κ2) is 2.64. The average molecular weight is 139 g/mol. The fourth-order valence-corrected chi connectivity index (χ4v) is 0.793. The smallest absolute Gasteiger partial charge is 0.115 e. The fraction of sp³-hybridized carbons (Fsp3) is 0.429. The summed E-state index contributed by atoms with van der Waals surface area (Å²) in [5.41, 5.74) is 12.4. The van der Waals surface area contributed by atoms with Crippen molar-refractivity contribution < 1.29 is 0 Å². The summed E-state index contributed by atoms with van der Waals surface area (Å²) in [5.74, 6) is 1.19. The first-order chi connectivity index (χ1) is 4.70. The van der Waals surface area contributed by atoms with E-state index in [0.29, 0.717) is 11.7 Å². The van der Waals surface area contributed by atoms with Crippen LogP contribution < -0.4 is 16.6 Å². The van der Waals surface area contributed by atoms with Crippen molar-refractivity contribution in [1.82, 2.24) is 10.9 Å². The van der Waals surface area contributed by atoms with Crippen LogP contribution in [0.5, 0.6) is 0 Å². The Morgan fingerprint density at radius 2 is 2.20 bits per heavy atom. The Kier molecular flexibility index (Phi) is 1.85. The molecule has 1 rings (SSSR count). The number of hydrogen-bond acceptors (Lipinski definition) is 3. The Bertz CT molecular complexity index is 179. The van der Waals surface area contributed by atoms with Crippen molar-refractivity contribution in [2.75, 3.05) is 0 Å². The van der Waals surface area contributed by atoms with Crippen molar-refractivity contribution in [1.29, 1.82) is 0 Å². The van der Waals surface area contributed by atoms with E-state index in [2.05, 4.69) is 24.7 Å². The summed E-state index contributed by atoms with van der Waals surface area (Å²) in [4.78, 5) is 0. The van der Waals surface area contributed by atoms with Gasteiger partial charge in [-0.1, -0.05) is 13.8 Å². The number of allylic oxidation sites excluding steroid dienone is 2. The van der Waals surface area contributed by atoms with Crippen LogP contribution in [-0.2, 0) is 0 Å². The van der Waals surface area contributed by atoms with Crippen LogP contribution in [0.3, 0.4) is 0 Å². The summed E-state index contributed by atoms with van der Waals surface area (Å²) in [5, 5.41) is 0. The molecule has 1 heterocycles. The molecular formula is C7H13N3. The fourth-order valence-electron chi connectivity index (χ4n) is 0.793. The molecule has 0 aromatic heterocycles. The van der Waals surface area contributed by atoms with E-state index in [1.807, 2.05) is 12.3 Å². The molecule has 0 unspecified atom stereocenters. The van der Waals surface area contributed by atoms with E-state index >= 15 is 0 Å². The number of hydrogen-bond donors (Lipinski definition) is 3. The van der Waals surface area contributed by atoms with Gasteiger partial charge in [-0.25, -0.2) is 0 Å². The number of rotatable bonds is 1. The summed E-state index contributed by atoms with van der Waals surface area (Å²) < 4.78 is 0. The maximum Gasteiger partial charge on any atom is 0.115 e. The minimum atomic E-state index is 0.521. The van der Waals surface area contributed by atoms with E-state index in [1.165, 1.54) is 5.57 Å². The molecule has 0 radical (unpaired) electrons. The third kappa shape index (κ3) is 1.43. The van der Waals surface area contributed by atoms with Gasteiger partial charge in [0.2, 0.25) is 0 Å². The molecule has 0 atom stereocenters. The van der Waals surface area contributed by atoms with Crippen LogP contribution >= 0.6 is 0 Å². The normalized spacial score (nSPS) is 17.1. The molecule has 3 nitrogen and oxygen atoms in total. The number of hydrazine groups is 1. The Morgan fingerprint density at radius 3 is 2.60 bits per heavy atom. The molecule has 0 aromatic carbocycles. The average Bonchev–Trinajstić information content (AvgIpc) is 1.88. The van der Waals surface area contributed by atoms with Gasteiger partial charge in [-0.15, -0.1) is 0 Å². The van der Waals surface area contributed by atoms with Gasteiger partial charge in [-0.2, -0.15) is 0 Å². The zero-order valence-corrected chi connectivity index (χ0v) is 6.31. The first-order valence-corrected chi connectivity index (χ1v) is 3.39. The van der Waals surface area contributed by atoms with Gasteiger partial charge >= 0.3 is 0 Å². The maximum absolute atomic E-state index is 5.51. The first-order valence-electron chi connectivity index (χ1n) is 3.39. The second-order valence-corrected chi connectivity index (χ2v) is 2.67. The minimum Gasteiger partial charge on any atom is -0.384 e. The standard InChI is InChI=1S/C7H13N3/c1-5(2)6-3-7(8)10-9-4-6/h3-5,9-10H,8H2,1-2H3. The molecule has 1 aliphatic rings. The predicted molar refractivity (Wildman–Crippen MR) is 41.5 cm³/mol. The van der Waals surface area contributed by atoms with Crippen molar-refractivity contribution >= 4 is 0 Å². The molecule has 3 heteroatoms. The summed E-state index contributed by atoms with van der Waals surface area (Å²) in [6.45, 7) is 4.26. The number of nitrogens with one attached hydrogen (secondary N) is 2. The van der Waals surface area contributed by atoms with Crippen LogP contribution in [0.25, 0.3) is 0 Å². The Balaban J connectivity index is 2.69. The van der Waals surface area contributed by atoms with Gasteiger partial charge in [-0.3, -0.25) is 5.43 Å². The second-order valence-electron chi connectivity index (χ2n) is 2.67. The molecule has 0 bridgehead atoms. The zero-order chi connectivity index (χ0) is 7.56. The van der Waals surface area contributed by atoms with Gasteiger partial charge in [0.15, 0.2) is 0 Å². The molecule has 10 heavy (non-hydrogen) atoms. The van der Waals surface area contributed by atoms with E-state index in [9.17, 15) is 0 Å². The highest BCUT2D eigenvalue weighted by Crippen LogP contribution is 2.11. The molecule has 0 saturated carbocycles. The molecule has 0 saturated heterocycles. The molecule has 0 amide bonds. The summed E-state index contributed by atoms with van der Waals surface area (Å²) in [7, 11) is 0. The highest BCUT2D eigenvalue weighted by molar-refractivity contribution is 5.25. The summed E-state index contributed by atoms with van der Waals surface area (Å²) in [6, 6.07) is 0. The van der Waals surface area contributed by atoms with Gasteiger partial charge in [-0.05, 0) is 17.6 Å². The van der Waals surface area contributed by atoms with Gasteiger partial charge in [0.05, 0.1) is 0 Å². The van der Waals surface area contributed by atoms with Crippen LogP contribution in [0.15, 0.2) is 23.7 Å². The van der Waals surface area contributed by atoms with Gasteiger partial charge in [0.1, 0.15) is 5.82 Å². The molecular weight excluding hydrogens is 126 g/mol. The lowest BCUT2D eigenvalue weighted by molar-refractivity contribution is 0.668. The van der Waals surface area contributed by atoms with Gasteiger partial charge < -0.3 is 11.2 Å². The molecule has 0 aromatic rings. The lowest BCUT2D eigenvalue weighted by Gasteiger charge is -2.16. The van der Waals surface area contributed by atoms with Crippen molar-refractivity contribution in [3.8, 4) is 0 Å². The zero-order valence-electron chi connectivity index (χ0n) is 6.31. The third-order valence-electron chi connectivity index (χ3n) is 1.44. The lowest BCUT2D eigenvalue weighted by atomic mass is 10.0. The summed E-state index contributed by atoms with van der Waals surface area (Å²) >= 11 is 0. The van der Waals surface area contributed by atoms with E-state index in [-0.39, 0.29) is 0 Å². The molecule has 0 aliphatic carbocycles. The Hall–Kier alpha value is -1.12. The van der Waals surface area contributed by atoms with Gasteiger partial charge in [0, 0.05) is 6.20 Å². The monoisotopic (exact) mass is 139 g/mol.